The minimum absolute atomic E-state index is 0.0614. The molecule has 0 spiro atoms. The summed E-state index contributed by atoms with van der Waals surface area (Å²) in [6.45, 7) is 1.90. The van der Waals surface area contributed by atoms with Crippen LogP contribution in [0.2, 0.25) is 0 Å². The molecule has 0 unspecified atom stereocenters. The zero-order chi connectivity index (χ0) is 22.7. The lowest BCUT2D eigenvalue weighted by atomic mass is 10.1. The number of amides is 1. The molecular formula is C24H23N5O3. The molecule has 1 amide bonds. The second-order valence-corrected chi connectivity index (χ2v) is 7.55. The summed E-state index contributed by atoms with van der Waals surface area (Å²) in [7, 11) is 3.44. The SMILES string of the molecule is Cc1ncc(-c2ccc(C(=O)N(C)C)cc2)nc1-c1nnc(-c2cccc(CCO)c2)o1. The van der Waals surface area contributed by atoms with Crippen LogP contribution in [0.4, 0.5) is 0 Å². The Kier molecular flexibility index (Phi) is 6.04. The molecule has 0 atom stereocenters. The van der Waals surface area contributed by atoms with E-state index in [4.69, 9.17) is 9.52 Å². The Morgan fingerprint density at radius 3 is 2.50 bits per heavy atom. The summed E-state index contributed by atoms with van der Waals surface area (Å²) in [4.78, 5) is 22.8. The van der Waals surface area contributed by atoms with Gasteiger partial charge in [0, 0.05) is 37.4 Å². The lowest BCUT2D eigenvalue weighted by molar-refractivity contribution is 0.0827. The fourth-order valence-corrected chi connectivity index (χ4v) is 3.26. The highest BCUT2D eigenvalue weighted by atomic mass is 16.4. The summed E-state index contributed by atoms with van der Waals surface area (Å²) in [5.74, 6) is 0.588. The van der Waals surface area contributed by atoms with Crippen LogP contribution in [-0.4, -0.2) is 56.8 Å². The lowest BCUT2D eigenvalue weighted by Gasteiger charge is -2.10. The molecule has 1 N–H and O–H groups in total. The molecule has 0 aliphatic rings. The highest BCUT2D eigenvalue weighted by Gasteiger charge is 2.17. The van der Waals surface area contributed by atoms with Gasteiger partial charge in [-0.1, -0.05) is 24.3 Å². The molecule has 0 aliphatic carbocycles. The van der Waals surface area contributed by atoms with Crippen molar-refractivity contribution in [3.8, 4) is 34.3 Å². The molecule has 0 saturated carbocycles. The first-order valence-corrected chi connectivity index (χ1v) is 10.2. The van der Waals surface area contributed by atoms with Crippen molar-refractivity contribution in [2.45, 2.75) is 13.3 Å². The molecule has 0 radical (unpaired) electrons. The zero-order valence-corrected chi connectivity index (χ0v) is 18.1. The van der Waals surface area contributed by atoms with Crippen molar-refractivity contribution in [2.24, 2.45) is 0 Å². The number of aliphatic hydroxyl groups is 1. The average Bonchev–Trinajstić information content (AvgIpc) is 3.29. The Labute approximate surface area is 185 Å². The van der Waals surface area contributed by atoms with Crippen molar-refractivity contribution < 1.29 is 14.3 Å². The maximum absolute atomic E-state index is 12.1. The van der Waals surface area contributed by atoms with Gasteiger partial charge in [-0.15, -0.1) is 10.2 Å². The van der Waals surface area contributed by atoms with Crippen LogP contribution in [0.1, 0.15) is 21.6 Å². The number of benzene rings is 2. The molecule has 2 aromatic heterocycles. The molecule has 0 fully saturated rings. The van der Waals surface area contributed by atoms with E-state index in [2.05, 4.69) is 20.2 Å². The Morgan fingerprint density at radius 1 is 1.03 bits per heavy atom. The van der Waals surface area contributed by atoms with Crippen LogP contribution in [0.5, 0.6) is 0 Å². The lowest BCUT2D eigenvalue weighted by Crippen LogP contribution is -2.21. The van der Waals surface area contributed by atoms with E-state index in [9.17, 15) is 4.79 Å². The van der Waals surface area contributed by atoms with Crippen molar-refractivity contribution >= 4 is 5.91 Å². The molecule has 2 aromatic carbocycles. The molecule has 8 nitrogen and oxygen atoms in total. The molecule has 2 heterocycles. The monoisotopic (exact) mass is 429 g/mol. The van der Waals surface area contributed by atoms with Crippen LogP contribution in [0, 0.1) is 6.92 Å². The number of carbonyl (C=O) groups excluding carboxylic acids is 1. The molecule has 0 saturated heterocycles. The van der Waals surface area contributed by atoms with Gasteiger partial charge in [-0.3, -0.25) is 9.78 Å². The van der Waals surface area contributed by atoms with Crippen LogP contribution >= 0.6 is 0 Å². The third-order valence-electron chi connectivity index (χ3n) is 4.99. The Bertz CT molecular complexity index is 1250. The maximum Gasteiger partial charge on any atom is 0.268 e. The number of hydrogen-bond acceptors (Lipinski definition) is 7. The first kappa shape index (κ1) is 21.3. The van der Waals surface area contributed by atoms with Gasteiger partial charge in [0.2, 0.25) is 5.89 Å². The van der Waals surface area contributed by atoms with Crippen molar-refractivity contribution in [1.29, 1.82) is 0 Å². The average molecular weight is 429 g/mol. The predicted octanol–water partition coefficient (Wildman–Crippen LogP) is 3.41. The van der Waals surface area contributed by atoms with E-state index in [0.29, 0.717) is 35.0 Å². The quantitative estimate of drug-likeness (QED) is 0.501. The van der Waals surface area contributed by atoms with Gasteiger partial charge in [-0.05, 0) is 43.2 Å². The fraction of sp³-hybridized carbons (Fsp3) is 0.208. The van der Waals surface area contributed by atoms with Gasteiger partial charge in [0.05, 0.1) is 17.6 Å². The van der Waals surface area contributed by atoms with E-state index in [-0.39, 0.29) is 18.4 Å². The summed E-state index contributed by atoms with van der Waals surface area (Å²) in [6, 6.07) is 14.8. The molecule has 162 valence electrons. The van der Waals surface area contributed by atoms with Gasteiger partial charge in [-0.25, -0.2) is 4.98 Å². The highest BCUT2D eigenvalue weighted by Crippen LogP contribution is 2.27. The molecule has 4 aromatic rings. The fourth-order valence-electron chi connectivity index (χ4n) is 3.26. The summed E-state index contributed by atoms with van der Waals surface area (Å²) >= 11 is 0. The van der Waals surface area contributed by atoms with Crippen molar-refractivity contribution in [3.05, 3.63) is 71.5 Å². The van der Waals surface area contributed by atoms with Gasteiger partial charge < -0.3 is 14.4 Å². The van der Waals surface area contributed by atoms with E-state index in [0.717, 1.165) is 16.7 Å². The standard InChI is InChI=1S/C24H23N5O3/c1-15-21(23-28-27-22(32-23)19-6-4-5-16(13-19)11-12-30)26-20(14-25-15)17-7-9-18(10-8-17)24(31)29(2)3/h4-10,13-14,30H,11-12H2,1-3H3. The van der Waals surface area contributed by atoms with E-state index in [1.807, 2.05) is 43.3 Å². The summed E-state index contributed by atoms with van der Waals surface area (Å²) in [5, 5.41) is 17.5. The van der Waals surface area contributed by atoms with Crippen molar-refractivity contribution in [3.63, 3.8) is 0 Å². The first-order chi connectivity index (χ1) is 15.5. The van der Waals surface area contributed by atoms with Gasteiger partial charge in [-0.2, -0.15) is 0 Å². The van der Waals surface area contributed by atoms with E-state index >= 15 is 0 Å². The largest absolute Gasteiger partial charge is 0.415 e. The van der Waals surface area contributed by atoms with Gasteiger partial charge in [0.15, 0.2) is 0 Å². The van der Waals surface area contributed by atoms with Crippen LogP contribution in [-0.2, 0) is 6.42 Å². The number of aromatic nitrogens is 4. The summed E-state index contributed by atoms with van der Waals surface area (Å²) in [5.41, 5.74) is 4.99. The van der Waals surface area contributed by atoms with Crippen LogP contribution < -0.4 is 0 Å². The number of aryl methyl sites for hydroxylation is 1. The van der Waals surface area contributed by atoms with Gasteiger partial charge in [0.25, 0.3) is 11.8 Å². The number of rotatable bonds is 6. The topological polar surface area (TPSA) is 105 Å². The number of carbonyl (C=O) groups is 1. The molecule has 0 aliphatic heterocycles. The van der Waals surface area contributed by atoms with E-state index in [1.165, 1.54) is 4.90 Å². The Morgan fingerprint density at radius 2 is 1.78 bits per heavy atom. The molecule has 32 heavy (non-hydrogen) atoms. The second kappa shape index (κ2) is 9.07. The Balaban J connectivity index is 1.64. The smallest absolute Gasteiger partial charge is 0.268 e. The van der Waals surface area contributed by atoms with E-state index < -0.39 is 0 Å². The van der Waals surface area contributed by atoms with Crippen LogP contribution in [0.15, 0.2) is 59.1 Å². The minimum Gasteiger partial charge on any atom is -0.415 e. The van der Waals surface area contributed by atoms with E-state index in [1.54, 1.807) is 32.4 Å². The Hall–Kier alpha value is -3.91. The first-order valence-electron chi connectivity index (χ1n) is 10.2. The summed E-state index contributed by atoms with van der Waals surface area (Å²) < 4.78 is 5.90. The highest BCUT2D eigenvalue weighted by molar-refractivity contribution is 5.94. The molecular weight excluding hydrogens is 406 g/mol. The van der Waals surface area contributed by atoms with Crippen LogP contribution in [0.3, 0.4) is 0 Å². The number of hydrogen-bond donors (Lipinski definition) is 1. The van der Waals surface area contributed by atoms with Gasteiger partial charge in [0.1, 0.15) is 5.69 Å². The van der Waals surface area contributed by atoms with Gasteiger partial charge >= 0.3 is 0 Å². The third-order valence-corrected chi connectivity index (χ3v) is 4.99. The molecule has 4 rings (SSSR count). The summed E-state index contributed by atoms with van der Waals surface area (Å²) in [6.07, 6.45) is 2.23. The minimum atomic E-state index is -0.0614. The van der Waals surface area contributed by atoms with Crippen molar-refractivity contribution in [2.75, 3.05) is 20.7 Å². The number of nitrogens with zero attached hydrogens (tertiary/aromatic N) is 5. The second-order valence-electron chi connectivity index (χ2n) is 7.55. The van der Waals surface area contributed by atoms with Crippen molar-refractivity contribution in [1.82, 2.24) is 25.1 Å². The molecule has 8 heteroatoms. The normalized spacial score (nSPS) is 10.9. The third kappa shape index (κ3) is 4.40. The maximum atomic E-state index is 12.1. The number of aliphatic hydroxyl groups excluding tert-OH is 1. The predicted molar refractivity (Wildman–Crippen MR) is 120 cm³/mol. The molecule has 0 bridgehead atoms. The zero-order valence-electron chi connectivity index (χ0n) is 18.1. The van der Waals surface area contributed by atoms with Crippen LogP contribution in [0.25, 0.3) is 34.3 Å².